The number of aliphatic carboxylic acids is 1. The van der Waals surface area contributed by atoms with E-state index in [9.17, 15) is 14.7 Å². The van der Waals surface area contributed by atoms with Crippen molar-refractivity contribution in [2.24, 2.45) is 7.05 Å². The summed E-state index contributed by atoms with van der Waals surface area (Å²) in [6.45, 7) is 11.8. The van der Waals surface area contributed by atoms with Gasteiger partial charge in [0.05, 0.1) is 17.8 Å². The highest BCUT2D eigenvalue weighted by molar-refractivity contribution is 5.78. The van der Waals surface area contributed by atoms with Crippen molar-refractivity contribution in [3.8, 4) is 17.0 Å². The Balaban J connectivity index is 1.61. The number of carboxylic acids is 1. The highest BCUT2D eigenvalue weighted by Crippen LogP contribution is 2.27. The number of carbonyl (C=O) groups is 2. The number of nitrogens with one attached hydrogen (secondary N) is 1. The first-order valence-electron chi connectivity index (χ1n) is 11.7. The van der Waals surface area contributed by atoms with Crippen molar-refractivity contribution in [1.29, 1.82) is 0 Å². The van der Waals surface area contributed by atoms with Crippen LogP contribution in [-0.2, 0) is 35.0 Å². The lowest BCUT2D eigenvalue weighted by Crippen LogP contribution is -2.38. The molecule has 35 heavy (non-hydrogen) atoms. The third-order valence-electron chi connectivity index (χ3n) is 5.93. The summed E-state index contributed by atoms with van der Waals surface area (Å²) < 4.78 is 7.43. The normalized spacial score (nSPS) is 11.9. The Morgan fingerprint density at radius 1 is 1.03 bits per heavy atom. The van der Waals surface area contributed by atoms with E-state index in [-0.39, 0.29) is 17.7 Å². The van der Waals surface area contributed by atoms with Crippen molar-refractivity contribution in [3.05, 3.63) is 70.9 Å². The maximum atomic E-state index is 12.6. The van der Waals surface area contributed by atoms with Gasteiger partial charge >= 0.3 is 5.97 Å². The number of aryl methyl sites for hydroxylation is 2. The van der Waals surface area contributed by atoms with Crippen LogP contribution in [0.4, 0.5) is 0 Å². The van der Waals surface area contributed by atoms with Crippen molar-refractivity contribution >= 4 is 11.9 Å². The summed E-state index contributed by atoms with van der Waals surface area (Å²) in [5.41, 5.74) is 4.47. The summed E-state index contributed by atoms with van der Waals surface area (Å²) in [7, 11) is 1.88. The van der Waals surface area contributed by atoms with E-state index in [0.29, 0.717) is 18.0 Å². The van der Waals surface area contributed by atoms with Crippen molar-refractivity contribution in [1.82, 2.24) is 15.1 Å². The molecular weight excluding hydrogens is 442 g/mol. The molecular formula is C28H35N3O4. The van der Waals surface area contributed by atoms with Gasteiger partial charge < -0.3 is 15.2 Å². The summed E-state index contributed by atoms with van der Waals surface area (Å²) in [4.78, 5) is 23.9. The number of carboxylic acid groups (broad SMARTS) is 1. The molecule has 7 heteroatoms. The summed E-state index contributed by atoms with van der Waals surface area (Å²) in [5.74, 6) is -0.653. The van der Waals surface area contributed by atoms with Crippen LogP contribution < -0.4 is 10.1 Å². The monoisotopic (exact) mass is 477 g/mol. The molecule has 0 saturated heterocycles. The van der Waals surface area contributed by atoms with Gasteiger partial charge in [-0.3, -0.25) is 9.48 Å². The summed E-state index contributed by atoms with van der Waals surface area (Å²) in [6.07, 6.45) is 0.181. The molecule has 0 fully saturated rings. The zero-order valence-corrected chi connectivity index (χ0v) is 21.6. The van der Waals surface area contributed by atoms with Gasteiger partial charge in [-0.2, -0.15) is 5.10 Å². The SMILES string of the molecule is Cc1cc(CNC(=O)Cc2cc(-c3ccc(C(C)(C)C)cc3)n(C)n2)ccc1OC(C)(C)C(=O)O. The van der Waals surface area contributed by atoms with Crippen LogP contribution in [0, 0.1) is 6.92 Å². The molecule has 0 aliphatic rings. The Hall–Kier alpha value is -3.61. The van der Waals surface area contributed by atoms with Gasteiger partial charge in [0, 0.05) is 13.6 Å². The predicted molar refractivity (Wildman–Crippen MR) is 136 cm³/mol. The minimum absolute atomic E-state index is 0.0924. The van der Waals surface area contributed by atoms with Gasteiger partial charge in [0.2, 0.25) is 5.91 Å². The number of hydrogen-bond donors (Lipinski definition) is 2. The van der Waals surface area contributed by atoms with Crippen LogP contribution in [0.15, 0.2) is 48.5 Å². The van der Waals surface area contributed by atoms with Crippen LogP contribution >= 0.6 is 0 Å². The van der Waals surface area contributed by atoms with Gasteiger partial charge in [-0.05, 0) is 60.6 Å². The zero-order valence-electron chi connectivity index (χ0n) is 21.6. The van der Waals surface area contributed by atoms with Gasteiger partial charge in [0.1, 0.15) is 5.75 Å². The molecule has 1 aromatic heterocycles. The Morgan fingerprint density at radius 3 is 2.26 bits per heavy atom. The second kappa shape index (κ2) is 9.94. The topological polar surface area (TPSA) is 93.5 Å². The van der Waals surface area contributed by atoms with Gasteiger partial charge in [0.25, 0.3) is 0 Å². The van der Waals surface area contributed by atoms with Crippen LogP contribution in [0.1, 0.15) is 57.0 Å². The fraction of sp³-hybridized carbons (Fsp3) is 0.393. The largest absolute Gasteiger partial charge is 0.478 e. The lowest BCUT2D eigenvalue weighted by atomic mass is 9.86. The maximum absolute atomic E-state index is 12.6. The molecule has 0 saturated carbocycles. The van der Waals surface area contributed by atoms with Crippen LogP contribution in [0.25, 0.3) is 11.3 Å². The Labute approximate surface area is 207 Å². The fourth-order valence-electron chi connectivity index (χ4n) is 3.71. The minimum atomic E-state index is -1.32. The number of amides is 1. The minimum Gasteiger partial charge on any atom is -0.478 e. The second-order valence-corrected chi connectivity index (χ2v) is 10.4. The average molecular weight is 478 g/mol. The van der Waals surface area contributed by atoms with E-state index >= 15 is 0 Å². The number of benzene rings is 2. The average Bonchev–Trinajstić information content (AvgIpc) is 3.13. The van der Waals surface area contributed by atoms with E-state index in [4.69, 9.17) is 4.74 Å². The van der Waals surface area contributed by atoms with Crippen molar-refractivity contribution in [3.63, 3.8) is 0 Å². The standard InChI is InChI=1S/C28H35N3O4/c1-18-14-19(8-13-24(18)35-28(5,6)26(33)34)17-29-25(32)16-22-15-23(31(7)30-22)20-9-11-21(12-10-20)27(2,3)4/h8-15H,16-17H2,1-7H3,(H,29,32)(H,33,34). The number of carbonyl (C=O) groups excluding carboxylic acids is 1. The molecule has 186 valence electrons. The molecule has 2 N–H and O–H groups in total. The molecule has 2 aromatic carbocycles. The number of nitrogens with zero attached hydrogens (tertiary/aromatic N) is 2. The summed E-state index contributed by atoms with van der Waals surface area (Å²) in [5, 5.41) is 16.7. The second-order valence-electron chi connectivity index (χ2n) is 10.4. The van der Waals surface area contributed by atoms with E-state index < -0.39 is 11.6 Å². The smallest absolute Gasteiger partial charge is 0.347 e. The van der Waals surface area contributed by atoms with Gasteiger partial charge in [0.15, 0.2) is 5.60 Å². The molecule has 3 rings (SSSR count). The van der Waals surface area contributed by atoms with Gasteiger partial charge in [-0.15, -0.1) is 0 Å². The van der Waals surface area contributed by atoms with Gasteiger partial charge in [-0.25, -0.2) is 4.79 Å². The zero-order chi connectivity index (χ0) is 26.0. The predicted octanol–water partition coefficient (Wildman–Crippen LogP) is 4.79. The van der Waals surface area contributed by atoms with E-state index in [1.54, 1.807) is 10.7 Å². The number of ether oxygens (including phenoxy) is 1. The molecule has 0 atom stereocenters. The number of aromatic nitrogens is 2. The van der Waals surface area contributed by atoms with Crippen LogP contribution in [0.5, 0.6) is 5.75 Å². The van der Waals surface area contributed by atoms with Crippen LogP contribution in [0.2, 0.25) is 0 Å². The third-order valence-corrected chi connectivity index (χ3v) is 5.93. The van der Waals surface area contributed by atoms with Crippen LogP contribution in [0.3, 0.4) is 0 Å². The molecule has 0 aliphatic carbocycles. The van der Waals surface area contributed by atoms with Gasteiger partial charge in [-0.1, -0.05) is 57.2 Å². The molecule has 7 nitrogen and oxygen atoms in total. The molecule has 0 bridgehead atoms. The molecule has 0 radical (unpaired) electrons. The lowest BCUT2D eigenvalue weighted by Gasteiger charge is -2.23. The van der Waals surface area contributed by atoms with E-state index in [1.165, 1.54) is 19.4 Å². The Kier molecular flexibility index (Phi) is 7.38. The fourth-order valence-corrected chi connectivity index (χ4v) is 3.71. The van der Waals surface area contributed by atoms with E-state index in [0.717, 1.165) is 22.4 Å². The highest BCUT2D eigenvalue weighted by Gasteiger charge is 2.29. The van der Waals surface area contributed by atoms with Crippen LogP contribution in [-0.4, -0.2) is 32.4 Å². The first kappa shape index (κ1) is 26.0. The quantitative estimate of drug-likeness (QED) is 0.486. The van der Waals surface area contributed by atoms with E-state index in [1.807, 2.05) is 32.2 Å². The molecule has 3 aromatic rings. The summed E-state index contributed by atoms with van der Waals surface area (Å²) in [6, 6.07) is 15.8. The highest BCUT2D eigenvalue weighted by atomic mass is 16.5. The molecule has 1 heterocycles. The Morgan fingerprint density at radius 2 is 1.69 bits per heavy atom. The van der Waals surface area contributed by atoms with Crippen molar-refractivity contribution in [2.75, 3.05) is 0 Å². The lowest BCUT2D eigenvalue weighted by molar-refractivity contribution is -0.152. The molecule has 0 spiro atoms. The first-order chi connectivity index (χ1) is 16.3. The van der Waals surface area contributed by atoms with Crippen molar-refractivity contribution < 1.29 is 19.4 Å². The Bertz CT molecular complexity index is 1220. The molecule has 0 unspecified atom stereocenters. The molecule has 1 amide bonds. The molecule has 0 aliphatic heterocycles. The third kappa shape index (κ3) is 6.50. The summed E-state index contributed by atoms with van der Waals surface area (Å²) >= 11 is 0. The number of rotatable bonds is 8. The maximum Gasteiger partial charge on any atom is 0.347 e. The van der Waals surface area contributed by atoms with E-state index in [2.05, 4.69) is 55.5 Å². The first-order valence-corrected chi connectivity index (χ1v) is 11.7. The van der Waals surface area contributed by atoms with Crippen molar-refractivity contribution in [2.45, 2.75) is 65.5 Å². The number of hydrogen-bond acceptors (Lipinski definition) is 4.